The van der Waals surface area contributed by atoms with Crippen LogP contribution in [-0.2, 0) is 42.3 Å². The van der Waals surface area contributed by atoms with Gasteiger partial charge in [-0.1, -0.05) is 60.7 Å². The first-order valence-electron chi connectivity index (χ1n) is 10.6. The van der Waals surface area contributed by atoms with E-state index in [9.17, 15) is 0 Å². The van der Waals surface area contributed by atoms with Crippen LogP contribution in [0.5, 0.6) is 0 Å². The molecule has 0 bridgehead atoms. The van der Waals surface area contributed by atoms with Gasteiger partial charge in [-0.2, -0.15) is 0 Å². The van der Waals surface area contributed by atoms with E-state index in [-0.39, 0.29) is 0 Å². The lowest BCUT2D eigenvalue weighted by Crippen LogP contribution is -1.93. The molecule has 0 unspecified atom stereocenters. The molecular formula is C27H28O4. The van der Waals surface area contributed by atoms with Crippen LogP contribution >= 0.6 is 0 Å². The van der Waals surface area contributed by atoms with E-state index in [4.69, 9.17) is 18.3 Å². The minimum absolute atomic E-state index is 0.450. The fraction of sp³-hybridized carbons (Fsp3) is 0.259. The van der Waals surface area contributed by atoms with E-state index in [0.717, 1.165) is 45.3 Å². The molecule has 2 heterocycles. The number of rotatable bonds is 10. The normalized spacial score (nSPS) is 11.2. The summed E-state index contributed by atoms with van der Waals surface area (Å²) in [6, 6.07) is 24.4. The zero-order valence-corrected chi connectivity index (χ0v) is 18.1. The first-order valence-corrected chi connectivity index (χ1v) is 10.6. The van der Waals surface area contributed by atoms with Crippen LogP contribution < -0.4 is 0 Å². The number of furan rings is 2. The van der Waals surface area contributed by atoms with Gasteiger partial charge in [0.1, 0.15) is 36.3 Å². The molecule has 4 heteroatoms. The van der Waals surface area contributed by atoms with Gasteiger partial charge in [-0.25, -0.2) is 0 Å². The minimum Gasteiger partial charge on any atom is -0.463 e. The van der Waals surface area contributed by atoms with Gasteiger partial charge in [-0.3, -0.25) is 0 Å². The second-order valence-corrected chi connectivity index (χ2v) is 7.77. The topological polar surface area (TPSA) is 44.7 Å². The van der Waals surface area contributed by atoms with Crippen LogP contribution in [0.3, 0.4) is 0 Å². The smallest absolute Gasteiger partial charge is 0.130 e. The molecule has 0 spiro atoms. The lowest BCUT2D eigenvalue weighted by molar-refractivity contribution is 0.0910. The van der Waals surface area contributed by atoms with Crippen molar-refractivity contribution in [2.24, 2.45) is 0 Å². The Bertz CT molecular complexity index is 989. The molecule has 0 saturated carbocycles. The first kappa shape index (κ1) is 21.2. The summed E-state index contributed by atoms with van der Waals surface area (Å²) in [4.78, 5) is 0. The van der Waals surface area contributed by atoms with Crippen LogP contribution in [0.4, 0.5) is 0 Å². The highest BCUT2D eigenvalue weighted by Gasteiger charge is 2.14. The molecule has 2 aromatic heterocycles. The Morgan fingerprint density at radius 1 is 0.581 bits per heavy atom. The average Bonchev–Trinajstić information content (AvgIpc) is 3.31. The Balaban J connectivity index is 1.30. The summed E-state index contributed by atoms with van der Waals surface area (Å²) < 4.78 is 23.7. The number of benzene rings is 2. The number of hydrogen-bond acceptors (Lipinski definition) is 4. The van der Waals surface area contributed by atoms with Gasteiger partial charge in [0.15, 0.2) is 0 Å². The van der Waals surface area contributed by atoms with Crippen molar-refractivity contribution in [2.45, 2.75) is 46.7 Å². The summed E-state index contributed by atoms with van der Waals surface area (Å²) in [6.45, 7) is 6.15. The predicted molar refractivity (Wildman–Crippen MR) is 120 cm³/mol. The molecule has 31 heavy (non-hydrogen) atoms. The van der Waals surface area contributed by atoms with Crippen molar-refractivity contribution in [3.63, 3.8) is 0 Å². The van der Waals surface area contributed by atoms with Gasteiger partial charge in [0.2, 0.25) is 0 Å². The van der Waals surface area contributed by atoms with Crippen LogP contribution in [0.2, 0.25) is 0 Å². The van der Waals surface area contributed by atoms with E-state index in [1.54, 1.807) is 0 Å². The molecule has 0 saturated heterocycles. The Morgan fingerprint density at radius 2 is 1.00 bits per heavy atom. The van der Waals surface area contributed by atoms with Crippen molar-refractivity contribution in [1.29, 1.82) is 0 Å². The van der Waals surface area contributed by atoms with Gasteiger partial charge in [-0.05, 0) is 48.2 Å². The Labute approximate surface area is 183 Å². The monoisotopic (exact) mass is 416 g/mol. The number of hydrogen-bond donors (Lipinski definition) is 0. The van der Waals surface area contributed by atoms with Gasteiger partial charge in [-0.15, -0.1) is 0 Å². The molecule has 0 aliphatic carbocycles. The van der Waals surface area contributed by atoms with Crippen LogP contribution in [-0.4, -0.2) is 0 Å². The summed E-state index contributed by atoms with van der Waals surface area (Å²) in [6.07, 6.45) is 0.620. The van der Waals surface area contributed by atoms with E-state index in [1.165, 1.54) is 0 Å². The molecule has 4 rings (SSSR count). The lowest BCUT2D eigenvalue weighted by Gasteiger charge is -2.03. The molecular weight excluding hydrogens is 388 g/mol. The molecule has 2 aromatic carbocycles. The van der Waals surface area contributed by atoms with Crippen molar-refractivity contribution in [2.75, 3.05) is 0 Å². The van der Waals surface area contributed by atoms with Crippen molar-refractivity contribution in [1.82, 2.24) is 0 Å². The summed E-state index contributed by atoms with van der Waals surface area (Å²) in [5.41, 5.74) is 4.52. The van der Waals surface area contributed by atoms with Crippen molar-refractivity contribution in [3.8, 4) is 0 Å². The SMILES string of the molecule is Cc1cc(COCc2ccccc2)oc1Cc1oc(COCc2ccccc2)cc1C. The average molecular weight is 417 g/mol. The van der Waals surface area contributed by atoms with Crippen LogP contribution in [0.1, 0.15) is 45.3 Å². The first-order chi connectivity index (χ1) is 15.2. The molecule has 0 amide bonds. The zero-order chi connectivity index (χ0) is 21.5. The molecule has 4 aromatic rings. The van der Waals surface area contributed by atoms with Crippen LogP contribution in [0.15, 0.2) is 81.6 Å². The van der Waals surface area contributed by atoms with Gasteiger partial charge < -0.3 is 18.3 Å². The highest BCUT2D eigenvalue weighted by Crippen LogP contribution is 2.24. The molecule has 160 valence electrons. The number of ether oxygens (including phenoxy) is 2. The molecule has 0 radical (unpaired) electrons. The second-order valence-electron chi connectivity index (χ2n) is 7.77. The number of aryl methyl sites for hydroxylation is 2. The summed E-state index contributed by atoms with van der Waals surface area (Å²) in [5.74, 6) is 3.48. The Kier molecular flexibility index (Phi) is 7.03. The van der Waals surface area contributed by atoms with E-state index in [2.05, 4.69) is 38.1 Å². The second kappa shape index (κ2) is 10.3. The molecule has 0 atom stereocenters. The quantitative estimate of drug-likeness (QED) is 0.295. The molecule has 0 N–H and O–H groups in total. The van der Waals surface area contributed by atoms with Crippen molar-refractivity contribution in [3.05, 3.63) is 118 Å². The predicted octanol–water partition coefficient (Wildman–Crippen LogP) is 6.51. The van der Waals surface area contributed by atoms with E-state index >= 15 is 0 Å². The summed E-state index contributed by atoms with van der Waals surface area (Å²) in [7, 11) is 0. The highest BCUT2D eigenvalue weighted by molar-refractivity contribution is 5.28. The molecule has 4 nitrogen and oxygen atoms in total. The van der Waals surface area contributed by atoms with Crippen molar-refractivity contribution >= 4 is 0 Å². The highest BCUT2D eigenvalue weighted by atomic mass is 16.5. The Hall–Kier alpha value is -3.08. The molecule has 0 fully saturated rings. The Morgan fingerprint density at radius 3 is 1.42 bits per heavy atom. The van der Waals surface area contributed by atoms with E-state index in [0.29, 0.717) is 32.8 Å². The maximum absolute atomic E-state index is 6.04. The fourth-order valence-electron chi connectivity index (χ4n) is 3.51. The third kappa shape index (κ3) is 5.97. The fourth-order valence-corrected chi connectivity index (χ4v) is 3.51. The van der Waals surface area contributed by atoms with Gasteiger partial charge >= 0.3 is 0 Å². The van der Waals surface area contributed by atoms with Gasteiger partial charge in [0, 0.05) is 0 Å². The van der Waals surface area contributed by atoms with Gasteiger partial charge in [0.05, 0.1) is 19.6 Å². The largest absolute Gasteiger partial charge is 0.463 e. The van der Waals surface area contributed by atoms with Crippen molar-refractivity contribution < 1.29 is 18.3 Å². The van der Waals surface area contributed by atoms with Crippen LogP contribution in [0, 0.1) is 13.8 Å². The standard InChI is InChI=1S/C27H28O4/c1-20-13-24(18-28-16-22-9-5-3-6-10-22)30-26(20)15-27-21(2)14-25(31-27)19-29-17-23-11-7-4-8-12-23/h3-14H,15-19H2,1-2H3. The molecule has 0 aliphatic rings. The third-order valence-electron chi connectivity index (χ3n) is 5.18. The summed E-state index contributed by atoms with van der Waals surface area (Å²) in [5, 5.41) is 0. The third-order valence-corrected chi connectivity index (χ3v) is 5.18. The molecule has 0 aliphatic heterocycles. The zero-order valence-electron chi connectivity index (χ0n) is 18.1. The summed E-state index contributed by atoms with van der Waals surface area (Å²) >= 11 is 0. The maximum atomic E-state index is 6.04. The lowest BCUT2D eigenvalue weighted by atomic mass is 10.1. The van der Waals surface area contributed by atoms with Gasteiger partial charge in [0.25, 0.3) is 0 Å². The van der Waals surface area contributed by atoms with E-state index in [1.807, 2.05) is 48.5 Å². The minimum atomic E-state index is 0.450. The van der Waals surface area contributed by atoms with E-state index < -0.39 is 0 Å². The maximum Gasteiger partial charge on any atom is 0.130 e. The van der Waals surface area contributed by atoms with Crippen LogP contribution in [0.25, 0.3) is 0 Å².